The molecule has 1 aromatic carbocycles. The Labute approximate surface area is 150 Å². The standard InChI is InChI=1S/C18H29N3S2/c1-5-14(2)20(3)16-9-11-21(12-10-16)18(22)19-15-7-6-8-17(13-15)23-4/h6-8,13-14,16H,5,9-12H2,1-4H3,(H,19,22)/t14-/m0/s1. The minimum atomic E-state index is 0.658. The van der Waals surface area contributed by atoms with E-state index in [1.54, 1.807) is 11.8 Å². The van der Waals surface area contributed by atoms with Gasteiger partial charge in [0.25, 0.3) is 0 Å². The molecule has 5 heteroatoms. The van der Waals surface area contributed by atoms with Crippen LogP contribution in [0.5, 0.6) is 0 Å². The lowest BCUT2D eigenvalue weighted by Crippen LogP contribution is -2.48. The molecule has 1 heterocycles. The third-order valence-corrected chi connectivity index (χ3v) is 6.02. The van der Waals surface area contributed by atoms with E-state index >= 15 is 0 Å². The summed E-state index contributed by atoms with van der Waals surface area (Å²) in [4.78, 5) is 6.10. The van der Waals surface area contributed by atoms with Gasteiger partial charge in [0.2, 0.25) is 0 Å². The normalized spacial score (nSPS) is 17.3. The number of piperidine rings is 1. The molecule has 0 unspecified atom stereocenters. The lowest BCUT2D eigenvalue weighted by atomic mass is 10.0. The Kier molecular flexibility index (Phi) is 7.18. The van der Waals surface area contributed by atoms with Crippen molar-refractivity contribution >= 4 is 34.8 Å². The molecule has 1 saturated heterocycles. The number of hydrogen-bond donors (Lipinski definition) is 1. The molecule has 1 aliphatic rings. The number of thiocarbonyl (C=S) groups is 1. The SMILES string of the molecule is CC[C@H](C)N(C)C1CCN(C(=S)Nc2cccc(SC)c2)CC1. The van der Waals surface area contributed by atoms with E-state index in [-0.39, 0.29) is 0 Å². The Balaban J connectivity index is 1.86. The van der Waals surface area contributed by atoms with Crippen molar-refractivity contribution in [3.05, 3.63) is 24.3 Å². The molecule has 0 radical (unpaired) electrons. The molecule has 2 rings (SSSR count). The van der Waals surface area contributed by atoms with Crippen molar-refractivity contribution in [2.75, 3.05) is 31.7 Å². The molecule has 0 spiro atoms. The van der Waals surface area contributed by atoms with Crippen LogP contribution in [0.4, 0.5) is 5.69 Å². The van der Waals surface area contributed by atoms with Crippen LogP contribution in [0.25, 0.3) is 0 Å². The monoisotopic (exact) mass is 351 g/mol. The van der Waals surface area contributed by atoms with Crippen LogP contribution >= 0.6 is 24.0 Å². The quantitative estimate of drug-likeness (QED) is 0.628. The minimum Gasteiger partial charge on any atom is -0.349 e. The largest absolute Gasteiger partial charge is 0.349 e. The molecular weight excluding hydrogens is 322 g/mol. The predicted octanol–water partition coefficient (Wildman–Crippen LogP) is 4.30. The average molecular weight is 352 g/mol. The molecule has 1 N–H and O–H groups in total. The predicted molar refractivity (Wildman–Crippen MR) is 107 cm³/mol. The molecule has 0 saturated carbocycles. The van der Waals surface area contributed by atoms with Gasteiger partial charge in [-0.2, -0.15) is 0 Å². The summed E-state index contributed by atoms with van der Waals surface area (Å²) in [6, 6.07) is 9.77. The highest BCUT2D eigenvalue weighted by atomic mass is 32.2. The zero-order valence-corrected chi connectivity index (χ0v) is 16.3. The molecular formula is C18H29N3S2. The van der Waals surface area contributed by atoms with Crippen LogP contribution in [0, 0.1) is 0 Å². The fourth-order valence-corrected chi connectivity index (χ4v) is 3.79. The van der Waals surface area contributed by atoms with E-state index in [1.807, 2.05) is 0 Å². The molecule has 23 heavy (non-hydrogen) atoms. The van der Waals surface area contributed by atoms with E-state index in [0.29, 0.717) is 12.1 Å². The third-order valence-electron chi connectivity index (χ3n) is 4.93. The van der Waals surface area contributed by atoms with E-state index in [9.17, 15) is 0 Å². The molecule has 1 aromatic rings. The van der Waals surface area contributed by atoms with Crippen molar-refractivity contribution in [2.24, 2.45) is 0 Å². The van der Waals surface area contributed by atoms with Gasteiger partial charge < -0.3 is 15.1 Å². The summed E-state index contributed by atoms with van der Waals surface area (Å²) in [7, 11) is 2.26. The first kappa shape index (κ1) is 18.6. The van der Waals surface area contributed by atoms with Gasteiger partial charge in [-0.15, -0.1) is 11.8 Å². The van der Waals surface area contributed by atoms with Crippen LogP contribution in [-0.2, 0) is 0 Å². The number of nitrogens with one attached hydrogen (secondary N) is 1. The maximum absolute atomic E-state index is 5.61. The van der Waals surface area contributed by atoms with Crippen molar-refractivity contribution in [2.45, 2.75) is 50.1 Å². The molecule has 1 atom stereocenters. The Morgan fingerprint density at radius 1 is 1.43 bits per heavy atom. The smallest absolute Gasteiger partial charge is 0.173 e. The van der Waals surface area contributed by atoms with E-state index in [2.05, 4.69) is 66.5 Å². The Morgan fingerprint density at radius 3 is 2.74 bits per heavy atom. The van der Waals surface area contributed by atoms with Gasteiger partial charge in [0.15, 0.2) is 5.11 Å². The lowest BCUT2D eigenvalue weighted by Gasteiger charge is -2.40. The van der Waals surface area contributed by atoms with Crippen molar-refractivity contribution in [3.63, 3.8) is 0 Å². The molecule has 1 fully saturated rings. The lowest BCUT2D eigenvalue weighted by molar-refractivity contribution is 0.126. The number of thioether (sulfide) groups is 1. The maximum Gasteiger partial charge on any atom is 0.173 e. The number of hydrogen-bond acceptors (Lipinski definition) is 3. The van der Waals surface area contributed by atoms with Gasteiger partial charge in [-0.25, -0.2) is 0 Å². The molecule has 0 aromatic heterocycles. The van der Waals surface area contributed by atoms with Gasteiger partial charge in [-0.1, -0.05) is 13.0 Å². The summed E-state index contributed by atoms with van der Waals surface area (Å²) in [5, 5.41) is 4.25. The zero-order valence-electron chi connectivity index (χ0n) is 14.7. The van der Waals surface area contributed by atoms with E-state index in [4.69, 9.17) is 12.2 Å². The summed E-state index contributed by atoms with van der Waals surface area (Å²) in [5.74, 6) is 0. The Hall–Kier alpha value is -0.780. The minimum absolute atomic E-state index is 0.658. The van der Waals surface area contributed by atoms with Gasteiger partial charge in [-0.05, 0) is 69.9 Å². The van der Waals surface area contributed by atoms with Gasteiger partial charge in [0.1, 0.15) is 0 Å². The van der Waals surface area contributed by atoms with Gasteiger partial charge in [0.05, 0.1) is 0 Å². The van der Waals surface area contributed by atoms with Crippen molar-refractivity contribution in [1.29, 1.82) is 0 Å². The first-order valence-electron chi connectivity index (χ1n) is 8.47. The highest BCUT2D eigenvalue weighted by Gasteiger charge is 2.25. The average Bonchev–Trinajstić information content (AvgIpc) is 2.60. The molecule has 3 nitrogen and oxygen atoms in total. The number of rotatable bonds is 5. The topological polar surface area (TPSA) is 18.5 Å². The number of benzene rings is 1. The van der Waals surface area contributed by atoms with E-state index in [1.165, 1.54) is 24.2 Å². The van der Waals surface area contributed by atoms with E-state index in [0.717, 1.165) is 23.9 Å². The van der Waals surface area contributed by atoms with E-state index < -0.39 is 0 Å². The Bertz CT molecular complexity index is 513. The first-order valence-corrected chi connectivity index (χ1v) is 10.1. The van der Waals surface area contributed by atoms with Crippen LogP contribution in [0.3, 0.4) is 0 Å². The van der Waals surface area contributed by atoms with Crippen LogP contribution in [0.15, 0.2) is 29.2 Å². The molecule has 1 aliphatic heterocycles. The fourth-order valence-electron chi connectivity index (χ4n) is 3.03. The Morgan fingerprint density at radius 2 is 2.13 bits per heavy atom. The van der Waals surface area contributed by atoms with Gasteiger partial charge in [0, 0.05) is 35.8 Å². The highest BCUT2D eigenvalue weighted by Crippen LogP contribution is 2.21. The van der Waals surface area contributed by atoms with Crippen LogP contribution < -0.4 is 5.32 Å². The number of nitrogens with zero attached hydrogens (tertiary/aromatic N) is 2. The van der Waals surface area contributed by atoms with Crippen LogP contribution in [0.2, 0.25) is 0 Å². The summed E-state index contributed by atoms with van der Waals surface area (Å²) in [6.45, 7) is 6.66. The summed E-state index contributed by atoms with van der Waals surface area (Å²) >= 11 is 7.36. The first-order chi connectivity index (χ1) is 11.0. The number of anilines is 1. The maximum atomic E-state index is 5.61. The van der Waals surface area contributed by atoms with Crippen molar-refractivity contribution < 1.29 is 0 Å². The molecule has 128 valence electrons. The van der Waals surface area contributed by atoms with Crippen molar-refractivity contribution in [1.82, 2.24) is 9.80 Å². The zero-order chi connectivity index (χ0) is 16.8. The second-order valence-corrected chi connectivity index (χ2v) is 7.57. The summed E-state index contributed by atoms with van der Waals surface area (Å²) < 4.78 is 0. The third kappa shape index (κ3) is 5.10. The molecule has 0 aliphatic carbocycles. The summed E-state index contributed by atoms with van der Waals surface area (Å²) in [5.41, 5.74) is 1.08. The van der Waals surface area contributed by atoms with Crippen LogP contribution in [-0.4, -0.2) is 53.4 Å². The summed E-state index contributed by atoms with van der Waals surface area (Å²) in [6.07, 6.45) is 5.68. The van der Waals surface area contributed by atoms with Gasteiger partial charge >= 0.3 is 0 Å². The van der Waals surface area contributed by atoms with Crippen LogP contribution in [0.1, 0.15) is 33.1 Å². The second-order valence-electron chi connectivity index (χ2n) is 6.30. The number of likely N-dealkylation sites (tertiary alicyclic amines) is 1. The molecule has 0 bridgehead atoms. The van der Waals surface area contributed by atoms with Gasteiger partial charge in [-0.3, -0.25) is 0 Å². The fraction of sp³-hybridized carbons (Fsp3) is 0.611. The highest BCUT2D eigenvalue weighted by molar-refractivity contribution is 7.98. The van der Waals surface area contributed by atoms with Crippen molar-refractivity contribution in [3.8, 4) is 0 Å². The second kappa shape index (κ2) is 8.90. The molecule has 0 amide bonds.